The van der Waals surface area contributed by atoms with Crippen LogP contribution in [0.25, 0.3) is 0 Å². The molecule has 0 saturated carbocycles. The first kappa shape index (κ1) is 16.9. The zero-order valence-electron chi connectivity index (χ0n) is 12.2. The average Bonchev–Trinajstić information content (AvgIpc) is 2.46. The Morgan fingerprint density at radius 2 is 1.95 bits per heavy atom. The summed E-state index contributed by atoms with van der Waals surface area (Å²) >= 11 is 0. The first-order chi connectivity index (χ1) is 10.0. The van der Waals surface area contributed by atoms with Gasteiger partial charge in [-0.25, -0.2) is 8.78 Å². The third kappa shape index (κ3) is 4.42. The van der Waals surface area contributed by atoms with E-state index < -0.39 is 17.5 Å². The Morgan fingerprint density at radius 1 is 1.33 bits per heavy atom. The molecule has 0 bridgehead atoms. The van der Waals surface area contributed by atoms with Crippen molar-refractivity contribution in [2.24, 2.45) is 0 Å². The summed E-state index contributed by atoms with van der Waals surface area (Å²) in [5.74, 6) is -2.06. The summed E-state index contributed by atoms with van der Waals surface area (Å²) in [7, 11) is 0. The molecule has 0 unspecified atom stereocenters. The normalized spacial score (nSPS) is 10.0. The molecule has 1 aromatic carbocycles. The van der Waals surface area contributed by atoms with Crippen LogP contribution in [0, 0.1) is 23.0 Å². The molecule has 1 rings (SSSR count). The summed E-state index contributed by atoms with van der Waals surface area (Å²) in [5.41, 5.74) is -0.264. The summed E-state index contributed by atoms with van der Waals surface area (Å²) in [6.45, 7) is 4.70. The van der Waals surface area contributed by atoms with E-state index in [1.807, 2.05) is 13.0 Å². The number of nitrogens with one attached hydrogen (secondary N) is 1. The van der Waals surface area contributed by atoms with Crippen LogP contribution in [0.2, 0.25) is 0 Å². The zero-order chi connectivity index (χ0) is 15.8. The highest BCUT2D eigenvalue weighted by Gasteiger charge is 2.18. The molecule has 1 aromatic rings. The topological polar surface area (TPSA) is 56.1 Å². The lowest BCUT2D eigenvalue weighted by Crippen LogP contribution is -2.31. The van der Waals surface area contributed by atoms with E-state index in [2.05, 4.69) is 5.32 Å². The van der Waals surface area contributed by atoms with Crippen molar-refractivity contribution in [3.63, 3.8) is 0 Å². The summed E-state index contributed by atoms with van der Waals surface area (Å²) < 4.78 is 27.8. The van der Waals surface area contributed by atoms with E-state index >= 15 is 0 Å². The van der Waals surface area contributed by atoms with Gasteiger partial charge in [-0.3, -0.25) is 4.79 Å². The largest absolute Gasteiger partial charge is 0.380 e. The molecule has 21 heavy (non-hydrogen) atoms. The molecule has 114 valence electrons. The van der Waals surface area contributed by atoms with Crippen LogP contribution in [0.15, 0.2) is 12.1 Å². The van der Waals surface area contributed by atoms with Gasteiger partial charge in [0, 0.05) is 25.2 Å². The van der Waals surface area contributed by atoms with Crippen LogP contribution in [-0.2, 0) is 0 Å². The minimum absolute atomic E-state index is 0.0492. The van der Waals surface area contributed by atoms with Gasteiger partial charge in [0.1, 0.15) is 17.3 Å². The van der Waals surface area contributed by atoms with E-state index in [4.69, 9.17) is 5.26 Å². The van der Waals surface area contributed by atoms with E-state index in [1.54, 1.807) is 6.92 Å². The maximum atomic E-state index is 13.9. The van der Waals surface area contributed by atoms with Gasteiger partial charge in [-0.05, 0) is 25.5 Å². The number of nitrogens with zero attached hydrogens (tertiary/aromatic N) is 2. The van der Waals surface area contributed by atoms with Gasteiger partial charge in [-0.1, -0.05) is 6.92 Å². The number of anilines is 1. The highest BCUT2D eigenvalue weighted by Crippen LogP contribution is 2.21. The molecule has 0 saturated heterocycles. The molecule has 6 heteroatoms. The van der Waals surface area contributed by atoms with Crippen LogP contribution >= 0.6 is 0 Å². The number of benzene rings is 1. The molecule has 1 amide bonds. The number of halogens is 2. The molecule has 0 radical (unpaired) electrons. The van der Waals surface area contributed by atoms with Crippen molar-refractivity contribution in [3.8, 4) is 6.07 Å². The second-order valence-corrected chi connectivity index (χ2v) is 4.53. The molecule has 0 spiro atoms. The van der Waals surface area contributed by atoms with Gasteiger partial charge < -0.3 is 10.2 Å². The Kier molecular flexibility index (Phi) is 6.60. The van der Waals surface area contributed by atoms with E-state index in [0.29, 0.717) is 13.1 Å². The molecule has 0 atom stereocenters. The van der Waals surface area contributed by atoms with Gasteiger partial charge in [0.25, 0.3) is 5.91 Å². The quantitative estimate of drug-likeness (QED) is 0.840. The highest BCUT2D eigenvalue weighted by molar-refractivity contribution is 5.94. The first-order valence-electron chi connectivity index (χ1n) is 6.94. The molecule has 0 heterocycles. The van der Waals surface area contributed by atoms with Crippen LogP contribution < -0.4 is 5.32 Å². The van der Waals surface area contributed by atoms with E-state index in [1.165, 1.54) is 4.90 Å². The fourth-order valence-corrected chi connectivity index (χ4v) is 1.89. The Labute approximate surface area is 123 Å². The fraction of sp³-hybridized carbons (Fsp3) is 0.467. The predicted octanol–water partition coefficient (Wildman–Crippen LogP) is 3.16. The highest BCUT2D eigenvalue weighted by atomic mass is 19.1. The molecule has 0 aliphatic heterocycles. The molecule has 0 fully saturated rings. The van der Waals surface area contributed by atoms with E-state index in [9.17, 15) is 13.6 Å². The Balaban J connectivity index is 2.98. The SMILES string of the molecule is CCCNc1c(F)cc(C(=O)N(CC)CCC#N)cc1F. The number of rotatable bonds is 7. The zero-order valence-corrected chi connectivity index (χ0v) is 12.2. The van der Waals surface area contributed by atoms with Gasteiger partial charge >= 0.3 is 0 Å². The lowest BCUT2D eigenvalue weighted by molar-refractivity contribution is 0.0767. The predicted molar refractivity (Wildman–Crippen MR) is 76.9 cm³/mol. The number of carbonyl (C=O) groups excluding carboxylic acids is 1. The maximum absolute atomic E-state index is 13.9. The van der Waals surface area contributed by atoms with Crippen molar-refractivity contribution < 1.29 is 13.6 Å². The second-order valence-electron chi connectivity index (χ2n) is 4.53. The molecule has 4 nitrogen and oxygen atoms in total. The molecule has 0 aliphatic carbocycles. The molecular weight excluding hydrogens is 276 g/mol. The van der Waals surface area contributed by atoms with Gasteiger partial charge in [0.15, 0.2) is 0 Å². The van der Waals surface area contributed by atoms with Crippen molar-refractivity contribution in [1.29, 1.82) is 5.26 Å². The lowest BCUT2D eigenvalue weighted by Gasteiger charge is -2.20. The van der Waals surface area contributed by atoms with Crippen molar-refractivity contribution >= 4 is 11.6 Å². The van der Waals surface area contributed by atoms with Crippen LogP contribution in [0.1, 0.15) is 37.0 Å². The number of hydrogen-bond acceptors (Lipinski definition) is 3. The smallest absolute Gasteiger partial charge is 0.254 e. The summed E-state index contributed by atoms with van der Waals surface area (Å²) in [4.78, 5) is 13.6. The fourth-order valence-electron chi connectivity index (χ4n) is 1.89. The second kappa shape index (κ2) is 8.20. The number of carbonyl (C=O) groups is 1. The maximum Gasteiger partial charge on any atom is 0.254 e. The van der Waals surface area contributed by atoms with Crippen LogP contribution in [0.4, 0.5) is 14.5 Å². The van der Waals surface area contributed by atoms with Crippen molar-refractivity contribution in [2.45, 2.75) is 26.7 Å². The van der Waals surface area contributed by atoms with Crippen LogP contribution in [-0.4, -0.2) is 30.4 Å². The standard InChI is InChI=1S/C15H19F2N3O/c1-3-7-19-14-12(16)9-11(10-13(14)17)15(21)20(4-2)8-5-6-18/h9-10,19H,3-5,7-8H2,1-2H3. The van der Waals surface area contributed by atoms with Gasteiger partial charge in [-0.15, -0.1) is 0 Å². The van der Waals surface area contributed by atoms with E-state index in [-0.39, 0.29) is 24.2 Å². The minimum Gasteiger partial charge on any atom is -0.380 e. The molecule has 1 N–H and O–H groups in total. The number of hydrogen-bond donors (Lipinski definition) is 1. The molecule has 0 aromatic heterocycles. The van der Waals surface area contributed by atoms with E-state index in [0.717, 1.165) is 18.6 Å². The van der Waals surface area contributed by atoms with Crippen molar-refractivity contribution in [1.82, 2.24) is 4.90 Å². The monoisotopic (exact) mass is 295 g/mol. The summed E-state index contributed by atoms with van der Waals surface area (Å²) in [6, 6.07) is 3.99. The molecule has 0 aliphatic rings. The lowest BCUT2D eigenvalue weighted by atomic mass is 10.1. The Hall–Kier alpha value is -2.16. The van der Waals surface area contributed by atoms with Gasteiger partial charge in [0.05, 0.1) is 12.5 Å². The van der Waals surface area contributed by atoms with Gasteiger partial charge in [0.2, 0.25) is 0 Å². The number of nitriles is 1. The minimum atomic E-state index is -0.789. The third-order valence-electron chi connectivity index (χ3n) is 3.00. The molecular formula is C15H19F2N3O. The van der Waals surface area contributed by atoms with Crippen LogP contribution in [0.5, 0.6) is 0 Å². The summed E-state index contributed by atoms with van der Waals surface area (Å²) in [6.07, 6.45) is 0.915. The third-order valence-corrected chi connectivity index (χ3v) is 3.00. The van der Waals surface area contributed by atoms with Gasteiger partial charge in [-0.2, -0.15) is 5.26 Å². The average molecular weight is 295 g/mol. The Morgan fingerprint density at radius 3 is 2.43 bits per heavy atom. The van der Waals surface area contributed by atoms with Crippen LogP contribution in [0.3, 0.4) is 0 Å². The number of amides is 1. The Bertz CT molecular complexity index is 517. The van der Waals surface area contributed by atoms with Crippen molar-refractivity contribution in [2.75, 3.05) is 25.0 Å². The first-order valence-corrected chi connectivity index (χ1v) is 6.94. The van der Waals surface area contributed by atoms with Crippen molar-refractivity contribution in [3.05, 3.63) is 29.3 Å². The summed E-state index contributed by atoms with van der Waals surface area (Å²) in [5, 5.41) is 11.2.